The highest BCUT2D eigenvalue weighted by molar-refractivity contribution is 7.86. The van der Waals surface area contributed by atoms with Crippen LogP contribution in [0.15, 0.2) is 30.3 Å². The first-order chi connectivity index (χ1) is 6.00. The summed E-state index contributed by atoms with van der Waals surface area (Å²) in [7, 11) is -2.43. The van der Waals surface area contributed by atoms with Crippen molar-refractivity contribution < 1.29 is 8.42 Å². The molecule has 1 aromatic carbocycles. The Labute approximate surface area is 78.2 Å². The lowest BCUT2D eigenvalue weighted by molar-refractivity contribution is 0.466. The molecule has 0 spiro atoms. The van der Waals surface area contributed by atoms with Crippen LogP contribution in [-0.4, -0.2) is 19.8 Å². The van der Waals surface area contributed by atoms with Gasteiger partial charge < -0.3 is 0 Å². The van der Waals surface area contributed by atoms with E-state index in [9.17, 15) is 8.42 Å². The van der Waals surface area contributed by atoms with Gasteiger partial charge >= 0.3 is 0 Å². The van der Waals surface area contributed by atoms with E-state index in [0.29, 0.717) is 0 Å². The van der Waals surface area contributed by atoms with Crippen molar-refractivity contribution in [2.75, 3.05) is 7.05 Å². The molecular weight excluding hydrogens is 188 g/mol. The Kier molecular flexibility index (Phi) is 3.02. The second-order valence-corrected chi connectivity index (χ2v) is 4.32. The molecule has 0 aromatic heterocycles. The van der Waals surface area contributed by atoms with Gasteiger partial charge in [-0.25, -0.2) is 0 Å². The summed E-state index contributed by atoms with van der Waals surface area (Å²) in [5.74, 6) is 0. The van der Waals surface area contributed by atoms with Crippen molar-refractivity contribution in [3.63, 3.8) is 0 Å². The Hall–Kier alpha value is -0.910. The normalized spacial score (nSPS) is 11.9. The molecule has 0 saturated carbocycles. The molecular formula is C8H11N2O2S. The Bertz CT molecular complexity index is 361. The fourth-order valence-corrected chi connectivity index (χ4v) is 1.24. The van der Waals surface area contributed by atoms with Gasteiger partial charge in [0.05, 0.1) is 0 Å². The molecule has 1 aromatic rings. The van der Waals surface area contributed by atoms with E-state index in [-0.39, 0.29) is 6.54 Å². The first-order valence-electron chi connectivity index (χ1n) is 3.75. The van der Waals surface area contributed by atoms with Gasteiger partial charge in [-0.05, 0) is 5.56 Å². The molecule has 71 valence electrons. The lowest BCUT2D eigenvalue weighted by Gasteiger charge is -2.12. The molecule has 13 heavy (non-hydrogen) atoms. The first kappa shape index (κ1) is 10.2. The summed E-state index contributed by atoms with van der Waals surface area (Å²) in [5, 5.41) is 6.79. The minimum absolute atomic E-state index is 0.243. The third kappa shape index (κ3) is 3.14. The van der Waals surface area contributed by atoms with E-state index >= 15 is 0 Å². The molecule has 1 rings (SSSR count). The summed E-state index contributed by atoms with van der Waals surface area (Å²) in [4.78, 5) is 0. The van der Waals surface area contributed by atoms with Crippen LogP contribution in [0.4, 0.5) is 0 Å². The van der Waals surface area contributed by atoms with Gasteiger partial charge in [-0.1, -0.05) is 30.3 Å². The van der Waals surface area contributed by atoms with Crippen LogP contribution in [-0.2, 0) is 16.8 Å². The summed E-state index contributed by atoms with van der Waals surface area (Å²) in [6.07, 6.45) is 0. The number of hydrogen-bond acceptors (Lipinski definition) is 2. The molecule has 1 N–H and O–H groups in total. The van der Waals surface area contributed by atoms with Gasteiger partial charge in [-0.15, -0.1) is 5.14 Å². The largest absolute Gasteiger partial charge is 0.293 e. The highest BCUT2D eigenvalue weighted by atomic mass is 32.2. The van der Waals surface area contributed by atoms with E-state index in [1.54, 1.807) is 0 Å². The van der Waals surface area contributed by atoms with Crippen LogP contribution in [0.3, 0.4) is 0 Å². The predicted molar refractivity (Wildman–Crippen MR) is 49.9 cm³/mol. The molecule has 1 radical (unpaired) electrons. The van der Waals surface area contributed by atoms with Gasteiger partial charge in [0.25, 0.3) is 10.2 Å². The van der Waals surface area contributed by atoms with Gasteiger partial charge in [-0.3, -0.25) is 0 Å². The van der Waals surface area contributed by atoms with Crippen LogP contribution < -0.4 is 5.14 Å². The zero-order valence-corrected chi connectivity index (χ0v) is 8.08. The lowest BCUT2D eigenvalue weighted by atomic mass is 10.2. The van der Waals surface area contributed by atoms with Crippen molar-refractivity contribution in [2.45, 2.75) is 6.54 Å². The van der Waals surface area contributed by atoms with E-state index in [1.807, 2.05) is 30.3 Å². The van der Waals surface area contributed by atoms with Crippen LogP contribution in [0.5, 0.6) is 0 Å². The van der Waals surface area contributed by atoms with Gasteiger partial charge in [0.2, 0.25) is 0 Å². The van der Waals surface area contributed by atoms with Crippen LogP contribution >= 0.6 is 0 Å². The molecule has 5 heteroatoms. The quantitative estimate of drug-likeness (QED) is 0.717. The van der Waals surface area contributed by atoms with E-state index in [4.69, 9.17) is 5.14 Å². The van der Waals surface area contributed by atoms with Crippen LogP contribution in [0.1, 0.15) is 5.56 Å². The first-order valence-corrected chi connectivity index (χ1v) is 5.19. The fourth-order valence-electron chi connectivity index (χ4n) is 0.926. The maximum absolute atomic E-state index is 10.7. The average Bonchev–Trinajstić information content (AvgIpc) is 2.04. The molecule has 0 heterocycles. The number of hydrogen-bond donors (Lipinski definition) is 0. The SMILES string of the molecule is CN(Cc1ccccc1)S([NH])(=O)=O. The fraction of sp³-hybridized carbons (Fsp3) is 0.250. The molecule has 0 aliphatic rings. The smallest absolute Gasteiger partial charge is 0.194 e. The Balaban J connectivity index is 2.72. The van der Waals surface area contributed by atoms with E-state index in [1.165, 1.54) is 7.05 Å². The standard InChI is InChI=1S/C8H11N2O2S/c1-10(13(9,11)12)7-8-5-3-2-4-6-8/h2-6,9H,7H2,1H3. The number of rotatable bonds is 3. The maximum atomic E-state index is 10.7. The number of nitrogens with one attached hydrogen (secondary N) is 1. The van der Waals surface area contributed by atoms with Crippen LogP contribution in [0.2, 0.25) is 0 Å². The molecule has 0 aliphatic carbocycles. The second kappa shape index (κ2) is 3.87. The Morgan fingerprint density at radius 1 is 1.31 bits per heavy atom. The van der Waals surface area contributed by atoms with E-state index in [2.05, 4.69) is 0 Å². The maximum Gasteiger partial charge on any atom is 0.293 e. The summed E-state index contributed by atoms with van der Waals surface area (Å²) >= 11 is 0. The molecule has 4 nitrogen and oxygen atoms in total. The number of benzene rings is 1. The third-order valence-electron chi connectivity index (χ3n) is 1.66. The average molecular weight is 199 g/mol. The predicted octanol–water partition coefficient (Wildman–Crippen LogP) is 0.646. The Morgan fingerprint density at radius 3 is 2.31 bits per heavy atom. The molecule has 0 bridgehead atoms. The minimum Gasteiger partial charge on any atom is -0.194 e. The summed E-state index contributed by atoms with van der Waals surface area (Å²) in [6, 6.07) is 9.17. The molecule has 0 amide bonds. The van der Waals surface area contributed by atoms with Crippen molar-refractivity contribution in [2.24, 2.45) is 0 Å². The molecule has 0 saturated heterocycles. The Morgan fingerprint density at radius 2 is 1.85 bits per heavy atom. The molecule has 0 fully saturated rings. The van der Waals surface area contributed by atoms with Gasteiger partial charge in [0.15, 0.2) is 0 Å². The van der Waals surface area contributed by atoms with Gasteiger partial charge in [0, 0.05) is 13.6 Å². The number of nitrogens with zero attached hydrogens (tertiary/aromatic N) is 1. The highest BCUT2D eigenvalue weighted by Gasteiger charge is 2.11. The summed E-state index contributed by atoms with van der Waals surface area (Å²) in [6.45, 7) is 0.243. The van der Waals surface area contributed by atoms with Crippen LogP contribution in [0, 0.1) is 0 Å². The van der Waals surface area contributed by atoms with E-state index < -0.39 is 10.2 Å². The second-order valence-electron chi connectivity index (χ2n) is 2.75. The third-order valence-corrected chi connectivity index (χ3v) is 2.61. The van der Waals surface area contributed by atoms with E-state index in [0.717, 1.165) is 9.87 Å². The molecule has 0 atom stereocenters. The lowest BCUT2D eigenvalue weighted by Crippen LogP contribution is -2.26. The van der Waals surface area contributed by atoms with Crippen molar-refractivity contribution >= 4 is 10.2 Å². The topological polar surface area (TPSA) is 61.2 Å². The molecule has 0 aliphatic heterocycles. The zero-order valence-electron chi connectivity index (χ0n) is 7.27. The summed E-state index contributed by atoms with van der Waals surface area (Å²) < 4.78 is 22.4. The van der Waals surface area contributed by atoms with Gasteiger partial charge in [0.1, 0.15) is 0 Å². The highest BCUT2D eigenvalue weighted by Crippen LogP contribution is 2.04. The molecule has 0 unspecified atom stereocenters. The van der Waals surface area contributed by atoms with Crippen molar-refractivity contribution in [3.05, 3.63) is 35.9 Å². The van der Waals surface area contributed by atoms with Crippen molar-refractivity contribution in [1.82, 2.24) is 9.44 Å². The van der Waals surface area contributed by atoms with Gasteiger partial charge in [-0.2, -0.15) is 12.7 Å². The van der Waals surface area contributed by atoms with Crippen molar-refractivity contribution in [3.8, 4) is 0 Å². The van der Waals surface area contributed by atoms with Crippen molar-refractivity contribution in [1.29, 1.82) is 0 Å². The summed E-state index contributed by atoms with van der Waals surface area (Å²) in [5.41, 5.74) is 0.876. The monoisotopic (exact) mass is 199 g/mol. The minimum atomic E-state index is -3.82. The van der Waals surface area contributed by atoms with Crippen LogP contribution in [0.25, 0.3) is 0 Å². The zero-order chi connectivity index (χ0) is 9.90.